The molecule has 0 aliphatic rings. The number of aromatic hydroxyl groups is 1. The van der Waals surface area contributed by atoms with Crippen LogP contribution in [-0.2, 0) is 11.3 Å². The topological polar surface area (TPSA) is 85.7 Å². The third-order valence-corrected chi connectivity index (χ3v) is 2.81. The minimum Gasteiger partial charge on any atom is -0.508 e. The Labute approximate surface area is 88.7 Å². The maximum absolute atomic E-state index is 11.0. The lowest BCUT2D eigenvalue weighted by atomic mass is 10.1. The van der Waals surface area contributed by atoms with E-state index in [1.54, 1.807) is 6.07 Å². The second-order valence-electron chi connectivity index (χ2n) is 3.00. The Morgan fingerprint density at radius 1 is 1.53 bits per heavy atom. The van der Waals surface area contributed by atoms with Crippen molar-refractivity contribution in [2.75, 3.05) is 6.61 Å². The fourth-order valence-electron chi connectivity index (χ4n) is 1.32. The molecule has 0 unspecified atom stereocenters. The molecular formula is C9H9NO4S. The lowest BCUT2D eigenvalue weighted by Gasteiger charge is -2.02. The third-order valence-electron chi connectivity index (χ3n) is 2.02. The standard InChI is InChI=1S/C9H9NO4S/c10-13-2-1-5-3-7-8(4-6(5)11)15-9(12)14-7/h3-4,11H,1-2,10H2. The molecule has 1 aromatic carbocycles. The van der Waals surface area contributed by atoms with Crippen molar-refractivity contribution in [1.82, 2.24) is 0 Å². The highest BCUT2D eigenvalue weighted by atomic mass is 32.1. The number of phenolic OH excluding ortho intramolecular Hbond substituents is 1. The summed E-state index contributed by atoms with van der Waals surface area (Å²) in [7, 11) is 0. The minimum atomic E-state index is -0.378. The number of phenols is 1. The van der Waals surface area contributed by atoms with Crippen LogP contribution in [0.1, 0.15) is 5.56 Å². The van der Waals surface area contributed by atoms with Crippen molar-refractivity contribution in [3.05, 3.63) is 27.4 Å². The summed E-state index contributed by atoms with van der Waals surface area (Å²) in [6.07, 6.45) is 0.470. The number of hydrogen-bond donors (Lipinski definition) is 2. The van der Waals surface area contributed by atoms with Crippen molar-refractivity contribution < 1.29 is 14.4 Å². The van der Waals surface area contributed by atoms with Gasteiger partial charge in [0, 0.05) is 18.1 Å². The number of benzene rings is 1. The highest BCUT2D eigenvalue weighted by Gasteiger charge is 2.08. The fraction of sp³-hybridized carbons (Fsp3) is 0.222. The molecule has 3 N–H and O–H groups in total. The summed E-state index contributed by atoms with van der Waals surface area (Å²) in [4.78, 5) is 15.0. The van der Waals surface area contributed by atoms with Crippen molar-refractivity contribution >= 4 is 21.6 Å². The number of nitrogens with two attached hydrogens (primary N) is 1. The van der Waals surface area contributed by atoms with Gasteiger partial charge in [0.1, 0.15) is 11.3 Å². The van der Waals surface area contributed by atoms with E-state index in [4.69, 9.17) is 10.3 Å². The highest BCUT2D eigenvalue weighted by molar-refractivity contribution is 7.16. The van der Waals surface area contributed by atoms with Crippen LogP contribution in [0, 0.1) is 0 Å². The van der Waals surface area contributed by atoms with Crippen molar-refractivity contribution in [3.8, 4) is 5.75 Å². The molecule has 0 saturated carbocycles. The largest absolute Gasteiger partial charge is 0.508 e. The summed E-state index contributed by atoms with van der Waals surface area (Å²) in [6.45, 7) is 0.299. The number of hydrogen-bond acceptors (Lipinski definition) is 6. The van der Waals surface area contributed by atoms with Crippen LogP contribution in [0.15, 0.2) is 21.3 Å². The maximum Gasteiger partial charge on any atom is 0.396 e. The Hall–Kier alpha value is -1.37. The van der Waals surface area contributed by atoms with E-state index in [2.05, 4.69) is 4.84 Å². The number of rotatable bonds is 3. The first-order valence-corrected chi connectivity index (χ1v) is 5.09. The van der Waals surface area contributed by atoms with E-state index in [1.165, 1.54) is 6.07 Å². The summed E-state index contributed by atoms with van der Waals surface area (Å²) in [5.41, 5.74) is 1.13. The molecule has 0 saturated heterocycles. The first-order valence-electron chi connectivity index (χ1n) is 4.28. The average molecular weight is 227 g/mol. The summed E-state index contributed by atoms with van der Waals surface area (Å²) < 4.78 is 5.56. The predicted molar refractivity (Wildman–Crippen MR) is 55.9 cm³/mol. The van der Waals surface area contributed by atoms with Crippen LogP contribution in [0.2, 0.25) is 0 Å². The monoisotopic (exact) mass is 227 g/mol. The normalized spacial score (nSPS) is 11.0. The van der Waals surface area contributed by atoms with Gasteiger partial charge in [0.25, 0.3) is 0 Å². The Balaban J connectivity index is 2.46. The Morgan fingerprint density at radius 3 is 3.07 bits per heavy atom. The van der Waals surface area contributed by atoms with Gasteiger partial charge in [-0.1, -0.05) is 11.3 Å². The molecule has 0 radical (unpaired) electrons. The van der Waals surface area contributed by atoms with E-state index in [1.807, 2.05) is 0 Å². The number of fused-ring (bicyclic) bond motifs is 1. The summed E-state index contributed by atoms with van der Waals surface area (Å²) in [5, 5.41) is 9.61. The zero-order valence-electron chi connectivity index (χ0n) is 7.73. The van der Waals surface area contributed by atoms with E-state index < -0.39 is 0 Å². The van der Waals surface area contributed by atoms with E-state index in [9.17, 15) is 9.90 Å². The lowest BCUT2D eigenvalue weighted by molar-refractivity contribution is 0.141. The maximum atomic E-state index is 11.0. The molecule has 6 heteroatoms. The van der Waals surface area contributed by atoms with Gasteiger partial charge in [0.05, 0.1) is 11.3 Å². The van der Waals surface area contributed by atoms with E-state index in [0.717, 1.165) is 11.3 Å². The molecule has 0 aliphatic heterocycles. The van der Waals surface area contributed by atoms with Gasteiger partial charge in [0.2, 0.25) is 0 Å². The SMILES string of the molecule is NOCCc1cc2oc(=O)sc2cc1O. The van der Waals surface area contributed by atoms with E-state index >= 15 is 0 Å². The highest BCUT2D eigenvalue weighted by Crippen LogP contribution is 2.26. The first kappa shape index (κ1) is 10.2. The van der Waals surface area contributed by atoms with Crippen molar-refractivity contribution in [1.29, 1.82) is 0 Å². The van der Waals surface area contributed by atoms with Crippen LogP contribution >= 0.6 is 11.3 Å². The molecule has 0 atom stereocenters. The summed E-state index contributed by atoms with van der Waals surface area (Å²) in [6, 6.07) is 3.14. The van der Waals surface area contributed by atoms with Crippen LogP contribution in [0.3, 0.4) is 0 Å². The van der Waals surface area contributed by atoms with Gasteiger partial charge in [-0.3, -0.25) is 0 Å². The molecule has 0 amide bonds. The first-order chi connectivity index (χ1) is 7.20. The van der Waals surface area contributed by atoms with Gasteiger partial charge in [-0.15, -0.1) is 0 Å². The molecule has 80 valence electrons. The van der Waals surface area contributed by atoms with Crippen LogP contribution in [-0.4, -0.2) is 11.7 Å². The third kappa shape index (κ3) is 2.01. The van der Waals surface area contributed by atoms with Crippen LogP contribution in [0.5, 0.6) is 5.75 Å². The molecule has 1 aromatic heterocycles. The lowest BCUT2D eigenvalue weighted by Crippen LogP contribution is -2.03. The smallest absolute Gasteiger partial charge is 0.396 e. The van der Waals surface area contributed by atoms with E-state index in [-0.39, 0.29) is 10.7 Å². The molecule has 0 fully saturated rings. The van der Waals surface area contributed by atoms with Crippen molar-refractivity contribution in [3.63, 3.8) is 0 Å². The van der Waals surface area contributed by atoms with Gasteiger partial charge in [0.15, 0.2) is 0 Å². The Bertz CT molecular complexity index is 530. The molecule has 5 nitrogen and oxygen atoms in total. The zero-order chi connectivity index (χ0) is 10.8. The minimum absolute atomic E-state index is 0.122. The summed E-state index contributed by atoms with van der Waals surface area (Å²) in [5.74, 6) is 5.01. The molecule has 0 bridgehead atoms. The van der Waals surface area contributed by atoms with Gasteiger partial charge in [-0.2, -0.15) is 0 Å². The second kappa shape index (κ2) is 4.01. The zero-order valence-corrected chi connectivity index (χ0v) is 8.54. The molecular weight excluding hydrogens is 218 g/mol. The molecule has 0 aliphatic carbocycles. The van der Waals surface area contributed by atoms with Crippen molar-refractivity contribution in [2.45, 2.75) is 6.42 Å². The molecule has 15 heavy (non-hydrogen) atoms. The van der Waals surface area contributed by atoms with Gasteiger partial charge < -0.3 is 14.4 Å². The van der Waals surface area contributed by atoms with Gasteiger partial charge in [-0.05, 0) is 6.07 Å². The molecule has 2 rings (SSSR count). The molecule has 2 aromatic rings. The summed E-state index contributed by atoms with van der Waals surface area (Å²) >= 11 is 0.961. The predicted octanol–water partition coefficient (Wildman–Crippen LogP) is 0.993. The van der Waals surface area contributed by atoms with Gasteiger partial charge in [-0.25, -0.2) is 10.7 Å². The van der Waals surface area contributed by atoms with Crippen LogP contribution in [0.4, 0.5) is 0 Å². The average Bonchev–Trinajstić information content (AvgIpc) is 2.53. The van der Waals surface area contributed by atoms with Crippen molar-refractivity contribution in [2.24, 2.45) is 5.90 Å². The quantitative estimate of drug-likeness (QED) is 0.764. The molecule has 1 heterocycles. The Morgan fingerprint density at radius 2 is 2.33 bits per heavy atom. The molecule has 0 spiro atoms. The van der Waals surface area contributed by atoms with E-state index in [0.29, 0.717) is 28.9 Å². The fourth-order valence-corrected chi connectivity index (χ4v) is 2.00. The van der Waals surface area contributed by atoms with Crippen LogP contribution in [0.25, 0.3) is 10.3 Å². The van der Waals surface area contributed by atoms with Crippen LogP contribution < -0.4 is 10.8 Å². The van der Waals surface area contributed by atoms with Gasteiger partial charge >= 0.3 is 4.94 Å². The Kier molecular flexibility index (Phi) is 2.72. The second-order valence-corrected chi connectivity index (χ2v) is 3.98.